The molecule has 10 rings (SSSR count). The average Bonchev–Trinajstić information content (AvgIpc) is 3.72. The van der Waals surface area contributed by atoms with Crippen LogP contribution in [-0.4, -0.2) is 4.57 Å². The highest BCUT2D eigenvalue weighted by Crippen LogP contribution is 2.52. The quantitative estimate of drug-likeness (QED) is 0.151. The molecule has 0 radical (unpaired) electrons. The number of aromatic nitrogens is 1. The van der Waals surface area contributed by atoms with E-state index in [-0.39, 0.29) is 5.41 Å². The molecule has 0 unspecified atom stereocenters. The van der Waals surface area contributed by atoms with E-state index in [1.807, 2.05) is 0 Å². The first-order valence-electron chi connectivity index (χ1n) is 20.4. The largest absolute Gasteiger partial charge is 0.310 e. The van der Waals surface area contributed by atoms with Gasteiger partial charge in [0.15, 0.2) is 0 Å². The molecule has 0 aliphatic heterocycles. The number of anilines is 3. The van der Waals surface area contributed by atoms with Crippen molar-refractivity contribution in [1.29, 1.82) is 0 Å². The fourth-order valence-corrected chi connectivity index (χ4v) is 9.34. The Labute approximate surface area is 336 Å². The zero-order valence-electron chi connectivity index (χ0n) is 33.1. The summed E-state index contributed by atoms with van der Waals surface area (Å²) in [5.74, 6) is 0. The summed E-state index contributed by atoms with van der Waals surface area (Å²) < 4.78 is 2.44. The van der Waals surface area contributed by atoms with Gasteiger partial charge >= 0.3 is 0 Å². The minimum Gasteiger partial charge on any atom is -0.310 e. The molecule has 2 nitrogen and oxygen atoms in total. The SMILES string of the molecule is CCc1cc(CC)cc(N(c2cccc(-c3ccccc3-c3ccccc3)c2)c2ccc3c(c2)C(C)(C)c2cc(-n4c5ccccc5c5ccccc54)ccc2-3)c1. The van der Waals surface area contributed by atoms with Crippen molar-refractivity contribution in [3.8, 4) is 39.1 Å². The lowest BCUT2D eigenvalue weighted by Gasteiger charge is -2.29. The first-order valence-corrected chi connectivity index (χ1v) is 20.4. The molecule has 0 bridgehead atoms. The Hall–Kier alpha value is -6.64. The second-order valence-corrected chi connectivity index (χ2v) is 16.0. The van der Waals surface area contributed by atoms with Gasteiger partial charge in [0.25, 0.3) is 0 Å². The zero-order chi connectivity index (χ0) is 38.7. The number of benzene rings is 8. The van der Waals surface area contributed by atoms with Gasteiger partial charge in [-0.3, -0.25) is 0 Å². The Morgan fingerprint density at radius 1 is 0.421 bits per heavy atom. The summed E-state index contributed by atoms with van der Waals surface area (Å²) >= 11 is 0. The van der Waals surface area contributed by atoms with Gasteiger partial charge in [-0.2, -0.15) is 0 Å². The molecular formula is C55H46N2. The average molecular weight is 735 g/mol. The molecule has 0 spiro atoms. The maximum atomic E-state index is 2.48. The van der Waals surface area contributed by atoms with Crippen molar-refractivity contribution in [1.82, 2.24) is 4.57 Å². The summed E-state index contributed by atoms with van der Waals surface area (Å²) in [7, 11) is 0. The van der Waals surface area contributed by atoms with E-state index in [1.165, 1.54) is 94.5 Å². The van der Waals surface area contributed by atoms with E-state index < -0.39 is 0 Å². The van der Waals surface area contributed by atoms with E-state index in [2.05, 4.69) is 219 Å². The van der Waals surface area contributed by atoms with Crippen LogP contribution in [0.1, 0.15) is 49.9 Å². The van der Waals surface area contributed by atoms with Crippen LogP contribution in [0.4, 0.5) is 17.1 Å². The van der Waals surface area contributed by atoms with Crippen molar-refractivity contribution in [2.45, 2.75) is 46.0 Å². The van der Waals surface area contributed by atoms with Crippen LogP contribution < -0.4 is 4.90 Å². The van der Waals surface area contributed by atoms with Crippen LogP contribution in [0, 0.1) is 0 Å². The monoisotopic (exact) mass is 734 g/mol. The molecule has 1 aliphatic rings. The molecule has 0 atom stereocenters. The molecule has 0 saturated heterocycles. The highest BCUT2D eigenvalue weighted by molar-refractivity contribution is 6.09. The van der Waals surface area contributed by atoms with Gasteiger partial charge in [0.05, 0.1) is 11.0 Å². The molecular weight excluding hydrogens is 689 g/mol. The molecule has 57 heavy (non-hydrogen) atoms. The molecule has 1 heterocycles. The van der Waals surface area contributed by atoms with E-state index >= 15 is 0 Å². The zero-order valence-corrected chi connectivity index (χ0v) is 33.1. The Kier molecular flexibility index (Phi) is 8.45. The van der Waals surface area contributed by atoms with E-state index in [0.29, 0.717) is 0 Å². The Morgan fingerprint density at radius 3 is 1.63 bits per heavy atom. The van der Waals surface area contributed by atoms with Gasteiger partial charge in [0, 0.05) is 38.9 Å². The van der Waals surface area contributed by atoms with Gasteiger partial charge in [-0.15, -0.1) is 0 Å². The third-order valence-electron chi connectivity index (χ3n) is 12.3. The maximum Gasteiger partial charge on any atom is 0.0541 e. The number of hydrogen-bond donors (Lipinski definition) is 0. The molecule has 9 aromatic rings. The van der Waals surface area contributed by atoms with E-state index in [4.69, 9.17) is 0 Å². The fraction of sp³-hybridized carbons (Fsp3) is 0.127. The van der Waals surface area contributed by atoms with Gasteiger partial charge in [0.1, 0.15) is 0 Å². The number of rotatable bonds is 8. The fourth-order valence-electron chi connectivity index (χ4n) is 9.34. The number of para-hydroxylation sites is 2. The third-order valence-corrected chi connectivity index (χ3v) is 12.3. The molecule has 0 fully saturated rings. The van der Waals surface area contributed by atoms with Gasteiger partial charge in [0.2, 0.25) is 0 Å². The third kappa shape index (κ3) is 5.78. The Morgan fingerprint density at radius 2 is 0.965 bits per heavy atom. The Bertz CT molecular complexity index is 2890. The normalized spacial score (nSPS) is 12.8. The topological polar surface area (TPSA) is 8.17 Å². The van der Waals surface area contributed by atoms with Crippen LogP contribution in [0.3, 0.4) is 0 Å². The molecule has 0 amide bonds. The van der Waals surface area contributed by atoms with Crippen molar-refractivity contribution in [3.05, 3.63) is 204 Å². The minimum absolute atomic E-state index is 0.211. The smallest absolute Gasteiger partial charge is 0.0541 e. The van der Waals surface area contributed by atoms with E-state index in [9.17, 15) is 0 Å². The highest BCUT2D eigenvalue weighted by atomic mass is 15.1. The van der Waals surface area contributed by atoms with Gasteiger partial charge in [-0.05, 0) is 129 Å². The summed E-state index contributed by atoms with van der Waals surface area (Å²) in [5.41, 5.74) is 19.9. The second kappa shape index (κ2) is 13.8. The molecule has 0 saturated carbocycles. The first kappa shape index (κ1) is 34.8. The molecule has 0 N–H and O–H groups in total. The van der Waals surface area contributed by atoms with Crippen LogP contribution in [0.15, 0.2) is 182 Å². The van der Waals surface area contributed by atoms with Gasteiger partial charge < -0.3 is 9.47 Å². The summed E-state index contributed by atoms with van der Waals surface area (Å²) in [6.45, 7) is 9.31. The van der Waals surface area contributed by atoms with Crippen molar-refractivity contribution in [3.63, 3.8) is 0 Å². The van der Waals surface area contributed by atoms with Crippen LogP contribution in [0.25, 0.3) is 60.9 Å². The lowest BCUT2D eigenvalue weighted by Crippen LogP contribution is -2.17. The first-order chi connectivity index (χ1) is 27.9. The van der Waals surface area contributed by atoms with Gasteiger partial charge in [-0.25, -0.2) is 0 Å². The summed E-state index contributed by atoms with van der Waals surface area (Å²) in [5, 5.41) is 2.57. The number of aryl methyl sites for hydroxylation is 2. The highest BCUT2D eigenvalue weighted by Gasteiger charge is 2.36. The van der Waals surface area contributed by atoms with Crippen LogP contribution in [0.2, 0.25) is 0 Å². The van der Waals surface area contributed by atoms with Crippen LogP contribution >= 0.6 is 0 Å². The van der Waals surface area contributed by atoms with E-state index in [1.54, 1.807) is 0 Å². The predicted octanol–water partition coefficient (Wildman–Crippen LogP) is 15.0. The lowest BCUT2D eigenvalue weighted by atomic mass is 9.82. The second-order valence-electron chi connectivity index (χ2n) is 16.0. The maximum absolute atomic E-state index is 2.48. The number of nitrogens with zero attached hydrogens (tertiary/aromatic N) is 2. The Balaban J connectivity index is 1.12. The summed E-state index contributed by atoms with van der Waals surface area (Å²) in [6.07, 6.45) is 1.97. The van der Waals surface area contributed by atoms with Crippen molar-refractivity contribution in [2.75, 3.05) is 4.90 Å². The van der Waals surface area contributed by atoms with Crippen molar-refractivity contribution >= 4 is 38.9 Å². The van der Waals surface area contributed by atoms with Crippen LogP contribution in [-0.2, 0) is 18.3 Å². The number of hydrogen-bond acceptors (Lipinski definition) is 1. The summed E-state index contributed by atoms with van der Waals surface area (Å²) in [6, 6.07) is 67.6. The molecule has 1 aliphatic carbocycles. The molecule has 1 aromatic heterocycles. The van der Waals surface area contributed by atoms with Crippen molar-refractivity contribution in [2.24, 2.45) is 0 Å². The predicted molar refractivity (Wildman–Crippen MR) is 243 cm³/mol. The van der Waals surface area contributed by atoms with Crippen molar-refractivity contribution < 1.29 is 0 Å². The number of fused-ring (bicyclic) bond motifs is 6. The summed E-state index contributed by atoms with van der Waals surface area (Å²) in [4.78, 5) is 2.48. The molecule has 2 heteroatoms. The van der Waals surface area contributed by atoms with E-state index in [0.717, 1.165) is 18.5 Å². The standard InChI is InChI=1S/C55H46N2/c1-5-37-31-38(6-2)33-44(32-37)56(41-20-16-19-40(34-41)46-22-11-10-21-45(46)39-17-8-7-9-18-39)42-27-29-47-48-30-28-43(36-52(48)55(3,4)51(47)35-42)57-53-25-14-12-23-49(53)50-24-13-15-26-54(50)57/h7-36H,5-6H2,1-4H3. The van der Waals surface area contributed by atoms with Gasteiger partial charge in [-0.1, -0.05) is 149 Å². The molecule has 276 valence electrons. The lowest BCUT2D eigenvalue weighted by molar-refractivity contribution is 0.660. The molecule has 8 aromatic carbocycles. The minimum atomic E-state index is -0.211. The van der Waals surface area contributed by atoms with Crippen LogP contribution in [0.5, 0.6) is 0 Å².